The minimum absolute atomic E-state index is 0.0267. The molecule has 0 unspecified atom stereocenters. The van der Waals surface area contributed by atoms with Crippen LogP contribution < -0.4 is 4.72 Å². The normalized spacial score (nSPS) is 12.6. The third-order valence-corrected chi connectivity index (χ3v) is 5.37. The summed E-state index contributed by atoms with van der Waals surface area (Å²) in [7, 11) is -4.04. The van der Waals surface area contributed by atoms with Gasteiger partial charge in [0, 0.05) is 25.4 Å². The van der Waals surface area contributed by atoms with Crippen molar-refractivity contribution >= 4 is 15.7 Å². The fraction of sp³-hybridized carbons (Fsp3) is 0.235. The van der Waals surface area contributed by atoms with Crippen molar-refractivity contribution in [3.05, 3.63) is 65.6 Å². The van der Waals surface area contributed by atoms with Crippen LogP contribution in [0.25, 0.3) is 5.65 Å². The maximum Gasteiger partial charge on any atom is 0.416 e. The molecule has 5 nitrogen and oxygen atoms in total. The van der Waals surface area contributed by atoms with Crippen LogP contribution >= 0.6 is 0 Å². The van der Waals surface area contributed by atoms with Gasteiger partial charge in [-0.25, -0.2) is 18.1 Å². The van der Waals surface area contributed by atoms with Crippen molar-refractivity contribution in [2.45, 2.75) is 24.4 Å². The molecule has 0 fully saturated rings. The molecular weight excluding hydrogens is 367 g/mol. The van der Waals surface area contributed by atoms with Crippen LogP contribution in [-0.2, 0) is 22.6 Å². The summed E-state index contributed by atoms with van der Waals surface area (Å²) in [5, 5.41) is 0. The number of nitrogens with zero attached hydrogens (tertiary/aromatic N) is 2. The van der Waals surface area contributed by atoms with Crippen LogP contribution in [0.15, 0.2) is 53.7 Å². The van der Waals surface area contributed by atoms with Crippen LogP contribution in [-0.4, -0.2) is 24.3 Å². The van der Waals surface area contributed by atoms with E-state index in [0.29, 0.717) is 18.2 Å². The molecule has 0 amide bonds. The Kier molecular flexibility index (Phi) is 4.76. The Bertz CT molecular complexity index is 1010. The first-order valence-electron chi connectivity index (χ1n) is 7.77. The Labute approximate surface area is 148 Å². The molecule has 26 heavy (non-hydrogen) atoms. The summed E-state index contributed by atoms with van der Waals surface area (Å²) in [5.74, 6) is 0. The van der Waals surface area contributed by atoms with E-state index in [4.69, 9.17) is 0 Å². The molecule has 0 atom stereocenters. The molecule has 9 heteroatoms. The van der Waals surface area contributed by atoms with Crippen LogP contribution in [0.4, 0.5) is 13.2 Å². The van der Waals surface area contributed by atoms with Crippen LogP contribution in [0.3, 0.4) is 0 Å². The lowest BCUT2D eigenvalue weighted by atomic mass is 10.1. The second-order valence-electron chi connectivity index (χ2n) is 5.82. The quantitative estimate of drug-likeness (QED) is 0.736. The Balaban J connectivity index is 1.73. The van der Waals surface area contributed by atoms with Gasteiger partial charge < -0.3 is 4.40 Å². The number of imidazole rings is 1. The summed E-state index contributed by atoms with van der Waals surface area (Å²) in [6.07, 6.45) is -0.691. The number of halogens is 3. The van der Waals surface area contributed by atoms with Crippen LogP contribution in [0.2, 0.25) is 0 Å². The highest BCUT2D eigenvalue weighted by molar-refractivity contribution is 7.89. The smallest absolute Gasteiger partial charge is 0.307 e. The SMILES string of the molecule is Cc1ccc(S(=O)(=O)NCCc2cn3ccccc3n2)cc1C(F)(F)F. The summed E-state index contributed by atoms with van der Waals surface area (Å²) in [6, 6.07) is 8.47. The fourth-order valence-corrected chi connectivity index (χ4v) is 3.64. The number of aryl methyl sites for hydroxylation is 1. The molecule has 0 saturated heterocycles. The van der Waals surface area contributed by atoms with Crippen molar-refractivity contribution in [3.8, 4) is 0 Å². The highest BCUT2D eigenvalue weighted by atomic mass is 32.2. The van der Waals surface area contributed by atoms with Gasteiger partial charge in [0.2, 0.25) is 10.0 Å². The molecule has 1 N–H and O–H groups in total. The minimum atomic E-state index is -4.61. The van der Waals surface area contributed by atoms with Crippen molar-refractivity contribution in [1.82, 2.24) is 14.1 Å². The van der Waals surface area contributed by atoms with E-state index in [1.54, 1.807) is 10.6 Å². The summed E-state index contributed by atoms with van der Waals surface area (Å²) in [6.45, 7) is 1.32. The molecule has 138 valence electrons. The summed E-state index contributed by atoms with van der Waals surface area (Å²) in [5.41, 5.74) is 0.430. The highest BCUT2D eigenvalue weighted by Gasteiger charge is 2.33. The van der Waals surface area contributed by atoms with E-state index < -0.39 is 26.7 Å². The van der Waals surface area contributed by atoms with Gasteiger partial charge in [-0.2, -0.15) is 13.2 Å². The van der Waals surface area contributed by atoms with E-state index in [1.807, 2.05) is 24.4 Å². The predicted molar refractivity (Wildman–Crippen MR) is 90.3 cm³/mol. The summed E-state index contributed by atoms with van der Waals surface area (Å²) >= 11 is 0. The van der Waals surface area contributed by atoms with Crippen molar-refractivity contribution in [2.24, 2.45) is 0 Å². The molecule has 2 aromatic heterocycles. The van der Waals surface area contributed by atoms with E-state index in [9.17, 15) is 21.6 Å². The lowest BCUT2D eigenvalue weighted by Gasteiger charge is -2.12. The van der Waals surface area contributed by atoms with Gasteiger partial charge in [0.15, 0.2) is 0 Å². The number of hydrogen-bond donors (Lipinski definition) is 1. The standard InChI is InChI=1S/C17H16F3N3O2S/c1-12-5-6-14(10-15(12)17(18,19)20)26(24,25)21-8-7-13-11-23-9-3-2-4-16(23)22-13/h2-6,9-11,21H,7-8H2,1H3. The number of sulfonamides is 1. The van der Waals surface area contributed by atoms with Crippen LogP contribution in [0, 0.1) is 6.92 Å². The van der Waals surface area contributed by atoms with Gasteiger partial charge in [-0.1, -0.05) is 12.1 Å². The number of rotatable bonds is 5. The number of pyridine rings is 1. The third kappa shape index (κ3) is 3.88. The second-order valence-corrected chi connectivity index (χ2v) is 7.59. The van der Waals surface area contributed by atoms with Crippen molar-refractivity contribution in [2.75, 3.05) is 6.54 Å². The fourth-order valence-electron chi connectivity index (χ4n) is 2.58. The van der Waals surface area contributed by atoms with E-state index in [-0.39, 0.29) is 12.1 Å². The van der Waals surface area contributed by atoms with Gasteiger partial charge in [-0.15, -0.1) is 0 Å². The average molecular weight is 383 g/mol. The minimum Gasteiger partial charge on any atom is -0.307 e. The van der Waals surface area contributed by atoms with Gasteiger partial charge >= 0.3 is 6.18 Å². The topological polar surface area (TPSA) is 63.5 Å². The number of benzene rings is 1. The molecule has 0 aliphatic heterocycles. The first kappa shape index (κ1) is 18.4. The van der Waals surface area contributed by atoms with E-state index in [1.165, 1.54) is 6.92 Å². The van der Waals surface area contributed by atoms with E-state index in [2.05, 4.69) is 9.71 Å². The largest absolute Gasteiger partial charge is 0.416 e. The number of nitrogens with one attached hydrogen (secondary N) is 1. The zero-order chi connectivity index (χ0) is 18.9. The van der Waals surface area contributed by atoms with Crippen molar-refractivity contribution in [3.63, 3.8) is 0 Å². The highest BCUT2D eigenvalue weighted by Crippen LogP contribution is 2.33. The number of hydrogen-bond acceptors (Lipinski definition) is 3. The molecule has 3 aromatic rings. The molecule has 0 bridgehead atoms. The van der Waals surface area contributed by atoms with Crippen molar-refractivity contribution in [1.29, 1.82) is 0 Å². The number of aromatic nitrogens is 2. The maximum atomic E-state index is 13.0. The van der Waals surface area contributed by atoms with E-state index >= 15 is 0 Å². The molecule has 0 spiro atoms. The summed E-state index contributed by atoms with van der Waals surface area (Å²) in [4.78, 5) is 3.93. The zero-order valence-electron chi connectivity index (χ0n) is 13.8. The van der Waals surface area contributed by atoms with Crippen molar-refractivity contribution < 1.29 is 21.6 Å². The first-order valence-corrected chi connectivity index (χ1v) is 9.25. The lowest BCUT2D eigenvalue weighted by Crippen LogP contribution is -2.26. The Hall–Kier alpha value is -2.39. The second kappa shape index (κ2) is 6.73. The third-order valence-electron chi connectivity index (χ3n) is 3.91. The van der Waals surface area contributed by atoms with Gasteiger partial charge in [-0.3, -0.25) is 0 Å². The molecule has 0 radical (unpaired) electrons. The van der Waals surface area contributed by atoms with Crippen LogP contribution in [0.1, 0.15) is 16.8 Å². The monoisotopic (exact) mass is 383 g/mol. The average Bonchev–Trinajstić information content (AvgIpc) is 2.96. The summed E-state index contributed by atoms with van der Waals surface area (Å²) < 4.78 is 67.6. The zero-order valence-corrected chi connectivity index (χ0v) is 14.6. The first-order chi connectivity index (χ1) is 12.2. The Morgan fingerprint density at radius 2 is 1.96 bits per heavy atom. The lowest BCUT2D eigenvalue weighted by molar-refractivity contribution is -0.138. The molecule has 2 heterocycles. The Morgan fingerprint density at radius 3 is 2.65 bits per heavy atom. The number of fused-ring (bicyclic) bond motifs is 1. The van der Waals surface area contributed by atoms with Gasteiger partial charge in [0.25, 0.3) is 0 Å². The van der Waals surface area contributed by atoms with Gasteiger partial charge in [0.05, 0.1) is 16.2 Å². The van der Waals surface area contributed by atoms with Gasteiger partial charge in [0.1, 0.15) is 5.65 Å². The molecule has 0 saturated carbocycles. The van der Waals surface area contributed by atoms with Gasteiger partial charge in [-0.05, 0) is 36.8 Å². The molecule has 3 rings (SSSR count). The molecule has 0 aliphatic rings. The number of alkyl halides is 3. The van der Waals surface area contributed by atoms with E-state index in [0.717, 1.165) is 17.8 Å². The predicted octanol–water partition coefficient (Wildman–Crippen LogP) is 3.18. The van der Waals surface area contributed by atoms with Crippen LogP contribution in [0.5, 0.6) is 0 Å². The molecule has 1 aromatic carbocycles. The molecule has 0 aliphatic carbocycles. The molecular formula is C17H16F3N3O2S. The Morgan fingerprint density at radius 1 is 1.19 bits per heavy atom. The maximum absolute atomic E-state index is 13.0.